The Balaban J connectivity index is 1.65. The second-order valence-electron chi connectivity index (χ2n) is 6.11. The van der Waals surface area contributed by atoms with Crippen LogP contribution in [0.1, 0.15) is 18.4 Å². The zero-order valence-electron chi connectivity index (χ0n) is 14.1. The predicted octanol–water partition coefficient (Wildman–Crippen LogP) is 2.49. The third kappa shape index (κ3) is 3.82. The Labute approximate surface area is 142 Å². The molecule has 2 N–H and O–H groups in total. The van der Waals surface area contributed by atoms with Gasteiger partial charge >= 0.3 is 0 Å². The van der Waals surface area contributed by atoms with Crippen molar-refractivity contribution >= 4 is 23.4 Å². The second-order valence-corrected chi connectivity index (χ2v) is 6.11. The lowest BCUT2D eigenvalue weighted by Gasteiger charge is -2.31. The zero-order valence-corrected chi connectivity index (χ0v) is 14.1. The highest BCUT2D eigenvalue weighted by atomic mass is 16.1. The fourth-order valence-electron chi connectivity index (χ4n) is 2.90. The maximum Gasteiger partial charge on any atom is 0.227 e. The van der Waals surface area contributed by atoms with Gasteiger partial charge in [-0.1, -0.05) is 17.7 Å². The van der Waals surface area contributed by atoms with E-state index in [0.717, 1.165) is 37.4 Å². The highest BCUT2D eigenvalue weighted by Crippen LogP contribution is 2.22. The number of nitrogens with zero attached hydrogens (tertiary/aromatic N) is 3. The van der Waals surface area contributed by atoms with E-state index >= 15 is 0 Å². The molecule has 1 saturated heterocycles. The van der Waals surface area contributed by atoms with Crippen molar-refractivity contribution in [2.45, 2.75) is 19.8 Å². The van der Waals surface area contributed by atoms with Crippen molar-refractivity contribution in [3.63, 3.8) is 0 Å². The number of piperidine rings is 1. The lowest BCUT2D eigenvalue weighted by molar-refractivity contribution is -0.125. The van der Waals surface area contributed by atoms with Crippen LogP contribution in [0.4, 0.5) is 17.5 Å². The molecule has 1 aromatic carbocycles. The number of rotatable bonds is 4. The molecule has 1 aliphatic rings. The molecule has 1 fully saturated rings. The van der Waals surface area contributed by atoms with Crippen LogP contribution in [0, 0.1) is 12.8 Å². The minimum atomic E-state index is 0.0973. The van der Waals surface area contributed by atoms with E-state index in [9.17, 15) is 4.79 Å². The van der Waals surface area contributed by atoms with Crippen molar-refractivity contribution in [2.24, 2.45) is 5.92 Å². The number of nitrogens with one attached hydrogen (secondary N) is 2. The number of carbonyl (C=O) groups excluding carboxylic acids is 1. The van der Waals surface area contributed by atoms with Crippen LogP contribution < -0.4 is 15.5 Å². The Bertz CT molecular complexity index is 693. The summed E-state index contributed by atoms with van der Waals surface area (Å²) < 4.78 is 0. The Morgan fingerprint density at radius 2 is 1.88 bits per heavy atom. The molecule has 0 aliphatic carbocycles. The number of hydrogen-bond donors (Lipinski definition) is 2. The summed E-state index contributed by atoms with van der Waals surface area (Å²) in [5.41, 5.74) is 2.23. The molecular weight excluding hydrogens is 302 g/mol. The number of carbonyl (C=O) groups is 1. The van der Waals surface area contributed by atoms with Gasteiger partial charge in [0.25, 0.3) is 0 Å². The van der Waals surface area contributed by atoms with E-state index in [-0.39, 0.29) is 11.8 Å². The van der Waals surface area contributed by atoms with Crippen LogP contribution in [0.2, 0.25) is 0 Å². The molecule has 0 spiro atoms. The van der Waals surface area contributed by atoms with Gasteiger partial charge in [0.1, 0.15) is 5.82 Å². The maximum atomic E-state index is 11.7. The number of aromatic nitrogens is 2. The van der Waals surface area contributed by atoms with Gasteiger partial charge in [0, 0.05) is 37.9 Å². The highest BCUT2D eigenvalue weighted by molar-refractivity contribution is 5.78. The van der Waals surface area contributed by atoms with E-state index < -0.39 is 0 Å². The molecule has 2 heterocycles. The minimum absolute atomic E-state index is 0.0973. The molecule has 126 valence electrons. The Morgan fingerprint density at radius 3 is 2.54 bits per heavy atom. The summed E-state index contributed by atoms with van der Waals surface area (Å²) in [7, 11) is 1.69. The third-order valence-electron chi connectivity index (χ3n) is 4.36. The monoisotopic (exact) mass is 325 g/mol. The fraction of sp³-hybridized carbons (Fsp3) is 0.389. The lowest BCUT2D eigenvalue weighted by Crippen LogP contribution is -2.40. The first-order valence-electron chi connectivity index (χ1n) is 8.29. The smallest absolute Gasteiger partial charge is 0.227 e. The molecule has 1 aromatic heterocycles. The highest BCUT2D eigenvalue weighted by Gasteiger charge is 2.25. The summed E-state index contributed by atoms with van der Waals surface area (Å²) in [6.45, 7) is 3.66. The Kier molecular flexibility index (Phi) is 4.93. The van der Waals surface area contributed by atoms with Crippen LogP contribution in [-0.2, 0) is 4.79 Å². The molecule has 0 atom stereocenters. The van der Waals surface area contributed by atoms with E-state index in [4.69, 9.17) is 0 Å². The normalized spacial score (nSPS) is 15.2. The van der Waals surface area contributed by atoms with Crippen molar-refractivity contribution in [3.8, 4) is 0 Å². The molecule has 0 unspecified atom stereocenters. The van der Waals surface area contributed by atoms with Crippen molar-refractivity contribution < 1.29 is 4.79 Å². The number of anilines is 3. The summed E-state index contributed by atoms with van der Waals surface area (Å²) in [5.74, 6) is 1.71. The molecule has 2 aromatic rings. The fourth-order valence-corrected chi connectivity index (χ4v) is 2.90. The van der Waals surface area contributed by atoms with Gasteiger partial charge in [-0.05, 0) is 38.0 Å². The average Bonchev–Trinajstić information content (AvgIpc) is 2.63. The summed E-state index contributed by atoms with van der Waals surface area (Å²) in [5, 5.41) is 6.04. The van der Waals surface area contributed by atoms with Gasteiger partial charge in [-0.15, -0.1) is 0 Å². The number of aryl methyl sites for hydroxylation is 1. The molecule has 0 saturated carbocycles. The van der Waals surface area contributed by atoms with Gasteiger partial charge in [-0.3, -0.25) is 4.79 Å². The topological polar surface area (TPSA) is 70.2 Å². The Morgan fingerprint density at radius 1 is 1.17 bits per heavy atom. The van der Waals surface area contributed by atoms with Crippen LogP contribution in [0.3, 0.4) is 0 Å². The molecular formula is C18H23N5O. The maximum absolute atomic E-state index is 11.7. The SMILES string of the molecule is CNC(=O)C1CCN(c2nccc(Nc3ccc(C)cc3)n2)CC1. The predicted molar refractivity (Wildman–Crippen MR) is 95.5 cm³/mol. The van der Waals surface area contributed by atoms with Gasteiger partial charge in [0.05, 0.1) is 0 Å². The molecule has 6 heteroatoms. The second kappa shape index (κ2) is 7.29. The number of amides is 1. The first-order valence-corrected chi connectivity index (χ1v) is 8.29. The summed E-state index contributed by atoms with van der Waals surface area (Å²) >= 11 is 0. The van der Waals surface area contributed by atoms with Crippen LogP contribution in [-0.4, -0.2) is 36.0 Å². The van der Waals surface area contributed by atoms with Crippen molar-refractivity contribution in [3.05, 3.63) is 42.1 Å². The largest absolute Gasteiger partial charge is 0.359 e. The van der Waals surface area contributed by atoms with Crippen LogP contribution in [0.25, 0.3) is 0 Å². The third-order valence-corrected chi connectivity index (χ3v) is 4.36. The molecule has 1 amide bonds. The quantitative estimate of drug-likeness (QED) is 0.904. The van der Waals surface area contributed by atoms with E-state index in [1.165, 1.54) is 5.56 Å². The summed E-state index contributed by atoms with van der Waals surface area (Å²) in [6, 6.07) is 10.1. The first-order chi connectivity index (χ1) is 11.7. The van der Waals surface area contributed by atoms with Gasteiger partial charge in [0.15, 0.2) is 0 Å². The van der Waals surface area contributed by atoms with Gasteiger partial charge < -0.3 is 15.5 Å². The van der Waals surface area contributed by atoms with Crippen molar-refractivity contribution in [1.29, 1.82) is 0 Å². The number of hydrogen-bond acceptors (Lipinski definition) is 5. The van der Waals surface area contributed by atoms with E-state index in [2.05, 4.69) is 44.6 Å². The summed E-state index contributed by atoms with van der Waals surface area (Å²) in [6.07, 6.45) is 3.43. The molecule has 0 bridgehead atoms. The summed E-state index contributed by atoms with van der Waals surface area (Å²) in [4.78, 5) is 22.8. The average molecular weight is 325 g/mol. The number of benzene rings is 1. The molecule has 6 nitrogen and oxygen atoms in total. The van der Waals surface area contributed by atoms with E-state index in [1.807, 2.05) is 18.2 Å². The van der Waals surface area contributed by atoms with Gasteiger partial charge in [-0.25, -0.2) is 4.98 Å². The van der Waals surface area contributed by atoms with E-state index in [1.54, 1.807) is 13.2 Å². The zero-order chi connectivity index (χ0) is 16.9. The van der Waals surface area contributed by atoms with Crippen molar-refractivity contribution in [1.82, 2.24) is 15.3 Å². The first kappa shape index (κ1) is 16.2. The van der Waals surface area contributed by atoms with Crippen LogP contribution >= 0.6 is 0 Å². The van der Waals surface area contributed by atoms with Gasteiger partial charge in [0.2, 0.25) is 11.9 Å². The molecule has 3 rings (SSSR count). The molecule has 24 heavy (non-hydrogen) atoms. The molecule has 1 aliphatic heterocycles. The van der Waals surface area contributed by atoms with E-state index in [0.29, 0.717) is 5.95 Å². The minimum Gasteiger partial charge on any atom is -0.359 e. The molecule has 0 radical (unpaired) electrons. The Hall–Kier alpha value is -2.63. The lowest BCUT2D eigenvalue weighted by atomic mass is 9.96. The standard InChI is InChI=1S/C18H23N5O/c1-13-3-5-15(6-4-13)21-16-7-10-20-18(22-16)23-11-8-14(9-12-23)17(24)19-2/h3-7,10,14H,8-9,11-12H2,1-2H3,(H,19,24)(H,20,21,22). The van der Waals surface area contributed by atoms with Crippen LogP contribution in [0.5, 0.6) is 0 Å². The van der Waals surface area contributed by atoms with Crippen LogP contribution in [0.15, 0.2) is 36.5 Å². The van der Waals surface area contributed by atoms with Gasteiger partial charge in [-0.2, -0.15) is 4.98 Å². The van der Waals surface area contributed by atoms with Crippen molar-refractivity contribution in [2.75, 3.05) is 30.4 Å².